The highest BCUT2D eigenvalue weighted by Crippen LogP contribution is 2.43. The summed E-state index contributed by atoms with van der Waals surface area (Å²) in [5, 5.41) is 11.7. The fourth-order valence-electron chi connectivity index (χ4n) is 4.82. The number of carboxylic acids is 1. The molecule has 2 saturated heterocycles. The molecule has 0 radical (unpaired) electrons. The summed E-state index contributed by atoms with van der Waals surface area (Å²) in [7, 11) is 0. The topological polar surface area (TPSA) is 86.7 Å². The van der Waals surface area contributed by atoms with Gasteiger partial charge in [0, 0.05) is 23.3 Å². The van der Waals surface area contributed by atoms with Crippen LogP contribution in [0.15, 0.2) is 36.4 Å². The third-order valence-electron chi connectivity index (χ3n) is 6.57. The van der Waals surface area contributed by atoms with Crippen LogP contribution in [0, 0.1) is 24.5 Å². The number of piperidine rings is 1. The van der Waals surface area contributed by atoms with E-state index in [1.54, 1.807) is 0 Å². The number of aliphatic carboxylic acids is 1. The van der Waals surface area contributed by atoms with E-state index in [4.69, 9.17) is 0 Å². The number of carbonyl (C=O) groups excluding carboxylic acids is 2. The van der Waals surface area contributed by atoms with E-state index in [-0.39, 0.29) is 29.7 Å². The molecule has 2 aromatic rings. The van der Waals surface area contributed by atoms with Crippen LogP contribution in [0.25, 0.3) is 0 Å². The van der Waals surface area contributed by atoms with E-state index in [9.17, 15) is 28.3 Å². The van der Waals surface area contributed by atoms with Crippen LogP contribution in [-0.2, 0) is 15.5 Å². The number of anilines is 1. The lowest BCUT2D eigenvalue weighted by molar-refractivity contribution is -0.167. The van der Waals surface area contributed by atoms with Gasteiger partial charge in [-0.2, -0.15) is 8.78 Å². The molecule has 3 atom stereocenters. The predicted octanol–water partition coefficient (Wildman–Crippen LogP) is 4.47. The van der Waals surface area contributed by atoms with Crippen LogP contribution < -0.4 is 5.32 Å². The maximum absolute atomic E-state index is 15.3. The highest BCUT2D eigenvalue weighted by atomic mass is 19.3. The molecule has 2 heterocycles. The number of amides is 2. The fourth-order valence-corrected chi connectivity index (χ4v) is 4.82. The average molecular weight is 478 g/mol. The van der Waals surface area contributed by atoms with E-state index in [0.717, 1.165) is 17.0 Å². The predicted molar refractivity (Wildman–Crippen MR) is 113 cm³/mol. The summed E-state index contributed by atoms with van der Waals surface area (Å²) in [5.41, 5.74) is -1.06. The number of aryl methyl sites for hydroxylation is 1. The van der Waals surface area contributed by atoms with Gasteiger partial charge in [0.25, 0.3) is 11.8 Å². The first-order chi connectivity index (χ1) is 16.0. The van der Waals surface area contributed by atoms with Gasteiger partial charge >= 0.3 is 11.9 Å². The molecule has 2 aromatic carbocycles. The van der Waals surface area contributed by atoms with Crippen molar-refractivity contribution >= 4 is 23.5 Å². The van der Waals surface area contributed by atoms with Crippen LogP contribution in [0.5, 0.6) is 0 Å². The Morgan fingerprint density at radius 2 is 1.62 bits per heavy atom. The molecule has 2 unspecified atom stereocenters. The van der Waals surface area contributed by atoms with E-state index >= 15 is 8.78 Å². The largest absolute Gasteiger partial charge is 0.481 e. The van der Waals surface area contributed by atoms with E-state index in [1.165, 1.54) is 19.1 Å². The highest BCUT2D eigenvalue weighted by molar-refractivity contribution is 6.04. The van der Waals surface area contributed by atoms with E-state index < -0.39 is 58.9 Å². The third kappa shape index (κ3) is 4.24. The van der Waals surface area contributed by atoms with Crippen LogP contribution in [0.3, 0.4) is 0 Å². The monoisotopic (exact) mass is 478 g/mol. The van der Waals surface area contributed by atoms with Gasteiger partial charge in [-0.3, -0.25) is 14.4 Å². The average Bonchev–Trinajstić information content (AvgIpc) is 3.04. The van der Waals surface area contributed by atoms with Gasteiger partial charge in [0.15, 0.2) is 0 Å². The second-order valence-corrected chi connectivity index (χ2v) is 8.79. The van der Waals surface area contributed by atoms with Gasteiger partial charge < -0.3 is 15.3 Å². The Labute approximate surface area is 192 Å². The van der Waals surface area contributed by atoms with Crippen molar-refractivity contribution in [2.45, 2.75) is 50.6 Å². The standard InChI is InChI=1S/C24H22F4N2O4/c1-12-8-15(3-7-19(12)25)29-21(31)13-2-6-20(26)18(11-13)24(27,28)23(34)30-16-4-5-17(30)10-14(9-16)22(32)33/h2-3,6-8,11,14,16-17H,4-5,9-10H2,1H3,(H,29,31)(H,32,33)/t14?,16-,17?/m1/s1. The molecule has 0 aromatic heterocycles. The number of alkyl halides is 2. The second-order valence-electron chi connectivity index (χ2n) is 8.79. The van der Waals surface area contributed by atoms with Gasteiger partial charge in [0.1, 0.15) is 11.6 Å². The second kappa shape index (κ2) is 8.73. The molecule has 2 fully saturated rings. The lowest BCUT2D eigenvalue weighted by Crippen LogP contribution is -2.52. The van der Waals surface area contributed by atoms with Crippen molar-refractivity contribution in [2.75, 3.05) is 5.32 Å². The molecular formula is C24H22F4N2O4. The Balaban J connectivity index is 1.58. The number of rotatable bonds is 5. The number of hydrogen-bond acceptors (Lipinski definition) is 3. The van der Waals surface area contributed by atoms with Crippen LogP contribution in [0.1, 0.15) is 47.2 Å². The maximum atomic E-state index is 15.3. The first kappa shape index (κ1) is 23.7. The summed E-state index contributed by atoms with van der Waals surface area (Å²) in [6.45, 7) is 1.49. The van der Waals surface area contributed by atoms with Gasteiger partial charge in [0.2, 0.25) is 0 Å². The van der Waals surface area contributed by atoms with Crippen LogP contribution >= 0.6 is 0 Å². The summed E-state index contributed by atoms with van der Waals surface area (Å²) in [6, 6.07) is 4.79. The molecule has 2 N–H and O–H groups in total. The number of hydrogen-bond donors (Lipinski definition) is 2. The zero-order valence-corrected chi connectivity index (χ0v) is 18.2. The smallest absolute Gasteiger partial charge is 0.352 e. The normalized spacial score (nSPS) is 21.9. The number of nitrogens with zero attached hydrogens (tertiary/aromatic N) is 1. The summed E-state index contributed by atoms with van der Waals surface area (Å²) >= 11 is 0. The molecule has 34 heavy (non-hydrogen) atoms. The van der Waals surface area contributed by atoms with Crippen molar-refractivity contribution in [1.82, 2.24) is 4.90 Å². The van der Waals surface area contributed by atoms with Crippen LogP contribution in [0.4, 0.5) is 23.2 Å². The minimum Gasteiger partial charge on any atom is -0.481 e. The first-order valence-corrected chi connectivity index (χ1v) is 10.8. The molecular weight excluding hydrogens is 456 g/mol. The van der Waals surface area contributed by atoms with Gasteiger partial charge in [-0.15, -0.1) is 0 Å². The van der Waals surface area contributed by atoms with Crippen molar-refractivity contribution in [2.24, 2.45) is 5.92 Å². The third-order valence-corrected chi connectivity index (χ3v) is 6.57. The maximum Gasteiger partial charge on any atom is 0.352 e. The summed E-state index contributed by atoms with van der Waals surface area (Å²) in [6.07, 6.45) is 0.932. The minimum absolute atomic E-state index is 0.0651. The molecule has 4 rings (SSSR count). The van der Waals surface area contributed by atoms with Gasteiger partial charge in [0.05, 0.1) is 11.5 Å². The molecule has 0 spiro atoms. The van der Waals surface area contributed by atoms with Crippen molar-refractivity contribution in [1.29, 1.82) is 0 Å². The van der Waals surface area contributed by atoms with Crippen LogP contribution in [-0.4, -0.2) is 39.9 Å². The van der Waals surface area contributed by atoms with Crippen LogP contribution in [0.2, 0.25) is 0 Å². The fraction of sp³-hybridized carbons (Fsp3) is 0.375. The zero-order chi connectivity index (χ0) is 24.8. The summed E-state index contributed by atoms with van der Waals surface area (Å²) in [4.78, 5) is 37.8. The van der Waals surface area contributed by atoms with Crippen molar-refractivity contribution in [3.8, 4) is 0 Å². The number of carboxylic acid groups (broad SMARTS) is 1. The highest BCUT2D eigenvalue weighted by Gasteiger charge is 2.54. The zero-order valence-electron chi connectivity index (χ0n) is 18.2. The molecule has 6 nitrogen and oxygen atoms in total. The number of benzene rings is 2. The van der Waals surface area contributed by atoms with Crippen molar-refractivity contribution in [3.05, 3.63) is 64.7 Å². The van der Waals surface area contributed by atoms with Crippen molar-refractivity contribution < 1.29 is 37.1 Å². The number of halogens is 4. The Bertz CT molecular complexity index is 1160. The molecule has 2 bridgehead atoms. The first-order valence-electron chi connectivity index (χ1n) is 10.8. The van der Waals surface area contributed by atoms with E-state index in [1.807, 2.05) is 0 Å². The molecule has 10 heteroatoms. The Morgan fingerprint density at radius 1 is 1.00 bits per heavy atom. The molecule has 0 saturated carbocycles. The minimum atomic E-state index is -4.26. The van der Waals surface area contributed by atoms with Gasteiger partial charge in [-0.1, -0.05) is 0 Å². The number of nitrogens with one attached hydrogen (secondary N) is 1. The van der Waals surface area contributed by atoms with E-state index in [0.29, 0.717) is 25.0 Å². The summed E-state index contributed by atoms with van der Waals surface area (Å²) < 4.78 is 58.4. The Hall–Kier alpha value is -3.43. The lowest BCUT2D eigenvalue weighted by atomic mass is 9.90. The summed E-state index contributed by atoms with van der Waals surface area (Å²) in [5.74, 6) is -10.3. The molecule has 2 amide bonds. The number of fused-ring (bicyclic) bond motifs is 2. The molecule has 0 aliphatic carbocycles. The lowest BCUT2D eigenvalue weighted by Gasteiger charge is -2.39. The Kier molecular flexibility index (Phi) is 6.09. The van der Waals surface area contributed by atoms with Gasteiger partial charge in [-0.05, 0) is 74.6 Å². The van der Waals surface area contributed by atoms with Crippen molar-refractivity contribution in [3.63, 3.8) is 0 Å². The van der Waals surface area contributed by atoms with Gasteiger partial charge in [-0.25, -0.2) is 8.78 Å². The molecule has 180 valence electrons. The quantitative estimate of drug-likeness (QED) is 0.621. The van der Waals surface area contributed by atoms with E-state index in [2.05, 4.69) is 5.32 Å². The molecule has 2 aliphatic heterocycles. The molecule has 2 aliphatic rings. The SMILES string of the molecule is Cc1cc(NC(=O)c2ccc(F)c(C(F)(F)C(=O)N3C4CC[C@@H]3CC(C(=O)O)C4)c2)ccc1F. The number of carbonyl (C=O) groups is 3. The Morgan fingerprint density at radius 3 is 2.21 bits per heavy atom.